The van der Waals surface area contributed by atoms with Gasteiger partial charge in [-0.1, -0.05) is 13.8 Å². The van der Waals surface area contributed by atoms with Crippen molar-refractivity contribution in [2.45, 2.75) is 26.8 Å². The highest BCUT2D eigenvalue weighted by Gasteiger charge is 2.10. The number of hydrogen-bond donors (Lipinski definition) is 1. The van der Waals surface area contributed by atoms with Crippen LogP contribution in [0.4, 0.5) is 10.1 Å². The minimum Gasteiger partial charge on any atom is -0.497 e. The molecule has 0 heterocycles. The average molecular weight is 211 g/mol. The molecule has 0 saturated carbocycles. The molecule has 1 aromatic rings. The highest BCUT2D eigenvalue weighted by atomic mass is 19.1. The Labute approximate surface area is 90.4 Å². The number of benzene rings is 1. The summed E-state index contributed by atoms with van der Waals surface area (Å²) >= 11 is 0. The SMILES string of the molecule is COc1ccc(F)c(NC(C)C(C)C)c1. The summed E-state index contributed by atoms with van der Waals surface area (Å²) in [4.78, 5) is 0. The van der Waals surface area contributed by atoms with Crippen LogP contribution in [0, 0.1) is 11.7 Å². The van der Waals surface area contributed by atoms with Gasteiger partial charge in [0, 0.05) is 12.1 Å². The summed E-state index contributed by atoms with van der Waals surface area (Å²) in [6.07, 6.45) is 0. The van der Waals surface area contributed by atoms with E-state index in [9.17, 15) is 4.39 Å². The van der Waals surface area contributed by atoms with Crippen LogP contribution in [-0.2, 0) is 0 Å². The molecule has 1 rings (SSSR count). The summed E-state index contributed by atoms with van der Waals surface area (Å²) in [6.45, 7) is 6.22. The maximum absolute atomic E-state index is 13.4. The fourth-order valence-electron chi connectivity index (χ4n) is 1.15. The van der Waals surface area contributed by atoms with Crippen LogP contribution in [0.3, 0.4) is 0 Å². The smallest absolute Gasteiger partial charge is 0.146 e. The van der Waals surface area contributed by atoms with E-state index in [1.807, 2.05) is 6.92 Å². The van der Waals surface area contributed by atoms with Crippen molar-refractivity contribution in [3.05, 3.63) is 24.0 Å². The van der Waals surface area contributed by atoms with Gasteiger partial charge in [-0.2, -0.15) is 0 Å². The van der Waals surface area contributed by atoms with E-state index in [0.29, 0.717) is 17.4 Å². The van der Waals surface area contributed by atoms with Gasteiger partial charge in [-0.25, -0.2) is 4.39 Å². The molecule has 15 heavy (non-hydrogen) atoms. The van der Waals surface area contributed by atoms with Crippen molar-refractivity contribution < 1.29 is 9.13 Å². The number of nitrogens with one attached hydrogen (secondary N) is 1. The topological polar surface area (TPSA) is 21.3 Å². The Morgan fingerprint density at radius 1 is 1.27 bits per heavy atom. The maximum Gasteiger partial charge on any atom is 0.146 e. The predicted octanol–water partition coefficient (Wildman–Crippen LogP) is 3.29. The molecule has 3 heteroatoms. The van der Waals surface area contributed by atoms with Gasteiger partial charge < -0.3 is 10.1 Å². The zero-order valence-electron chi connectivity index (χ0n) is 9.67. The molecule has 0 fully saturated rings. The van der Waals surface area contributed by atoms with Crippen molar-refractivity contribution in [2.24, 2.45) is 5.92 Å². The van der Waals surface area contributed by atoms with E-state index in [-0.39, 0.29) is 11.9 Å². The average Bonchev–Trinajstić information content (AvgIpc) is 2.21. The van der Waals surface area contributed by atoms with Crippen molar-refractivity contribution in [3.63, 3.8) is 0 Å². The van der Waals surface area contributed by atoms with Gasteiger partial charge in [0.25, 0.3) is 0 Å². The zero-order valence-corrected chi connectivity index (χ0v) is 9.67. The Morgan fingerprint density at radius 2 is 1.93 bits per heavy atom. The van der Waals surface area contributed by atoms with Crippen molar-refractivity contribution in [1.82, 2.24) is 0 Å². The Hall–Kier alpha value is -1.25. The largest absolute Gasteiger partial charge is 0.497 e. The lowest BCUT2D eigenvalue weighted by Gasteiger charge is -2.19. The first-order chi connectivity index (χ1) is 7.04. The van der Waals surface area contributed by atoms with Crippen LogP contribution in [0.1, 0.15) is 20.8 Å². The summed E-state index contributed by atoms with van der Waals surface area (Å²) in [6, 6.07) is 4.93. The van der Waals surface area contributed by atoms with Gasteiger partial charge in [0.1, 0.15) is 11.6 Å². The van der Waals surface area contributed by atoms with Crippen LogP contribution in [-0.4, -0.2) is 13.2 Å². The van der Waals surface area contributed by atoms with Gasteiger partial charge >= 0.3 is 0 Å². The molecule has 0 aromatic heterocycles. The quantitative estimate of drug-likeness (QED) is 0.825. The third kappa shape index (κ3) is 3.11. The van der Waals surface area contributed by atoms with Gasteiger partial charge in [-0.05, 0) is 25.0 Å². The van der Waals surface area contributed by atoms with Crippen molar-refractivity contribution >= 4 is 5.69 Å². The molecule has 1 N–H and O–H groups in total. The zero-order chi connectivity index (χ0) is 11.4. The van der Waals surface area contributed by atoms with Gasteiger partial charge in [-0.15, -0.1) is 0 Å². The summed E-state index contributed by atoms with van der Waals surface area (Å²) in [5.74, 6) is 0.869. The van der Waals surface area contributed by atoms with Crippen molar-refractivity contribution in [1.29, 1.82) is 0 Å². The molecule has 0 radical (unpaired) electrons. The first-order valence-electron chi connectivity index (χ1n) is 5.14. The van der Waals surface area contributed by atoms with Gasteiger partial charge in [0.2, 0.25) is 0 Å². The molecule has 0 amide bonds. The maximum atomic E-state index is 13.4. The van der Waals surface area contributed by atoms with E-state index in [0.717, 1.165) is 0 Å². The van der Waals surface area contributed by atoms with Crippen LogP contribution >= 0.6 is 0 Å². The number of anilines is 1. The lowest BCUT2D eigenvalue weighted by atomic mass is 10.1. The molecule has 0 aliphatic rings. The van der Waals surface area contributed by atoms with Crippen LogP contribution < -0.4 is 10.1 Å². The Balaban J connectivity index is 2.83. The van der Waals surface area contributed by atoms with E-state index in [1.165, 1.54) is 6.07 Å². The second kappa shape index (κ2) is 5.01. The van der Waals surface area contributed by atoms with Crippen molar-refractivity contribution in [3.8, 4) is 5.75 Å². The third-order valence-electron chi connectivity index (χ3n) is 2.56. The number of halogens is 1. The molecular formula is C12H18FNO. The first-order valence-corrected chi connectivity index (χ1v) is 5.14. The Bertz CT molecular complexity index is 325. The summed E-state index contributed by atoms with van der Waals surface area (Å²) in [7, 11) is 1.57. The second-order valence-electron chi connectivity index (χ2n) is 4.02. The van der Waals surface area contributed by atoms with Crippen LogP contribution in [0.15, 0.2) is 18.2 Å². The Morgan fingerprint density at radius 3 is 2.47 bits per heavy atom. The molecule has 84 valence electrons. The number of ether oxygens (including phenoxy) is 1. The second-order valence-corrected chi connectivity index (χ2v) is 4.02. The number of hydrogen-bond acceptors (Lipinski definition) is 2. The van der Waals surface area contributed by atoms with E-state index >= 15 is 0 Å². The highest BCUT2D eigenvalue weighted by molar-refractivity contribution is 5.50. The Kier molecular flexibility index (Phi) is 3.95. The number of rotatable bonds is 4. The lowest BCUT2D eigenvalue weighted by molar-refractivity contribution is 0.413. The van der Waals surface area contributed by atoms with Crippen molar-refractivity contribution in [2.75, 3.05) is 12.4 Å². The van der Waals surface area contributed by atoms with Gasteiger partial charge in [0.05, 0.1) is 12.8 Å². The molecule has 0 saturated heterocycles. The van der Waals surface area contributed by atoms with E-state index in [1.54, 1.807) is 19.2 Å². The van der Waals surface area contributed by atoms with Crippen LogP contribution in [0.5, 0.6) is 5.75 Å². The van der Waals surface area contributed by atoms with Crippen LogP contribution in [0.2, 0.25) is 0 Å². The normalized spacial score (nSPS) is 12.7. The fourth-order valence-corrected chi connectivity index (χ4v) is 1.15. The fraction of sp³-hybridized carbons (Fsp3) is 0.500. The van der Waals surface area contributed by atoms with E-state index < -0.39 is 0 Å². The van der Waals surface area contributed by atoms with Crippen LogP contribution in [0.25, 0.3) is 0 Å². The molecule has 1 atom stereocenters. The molecule has 0 aliphatic carbocycles. The summed E-state index contributed by atoms with van der Waals surface area (Å²) in [5, 5.41) is 3.13. The molecule has 0 spiro atoms. The highest BCUT2D eigenvalue weighted by Crippen LogP contribution is 2.22. The molecule has 2 nitrogen and oxygen atoms in total. The number of methoxy groups -OCH3 is 1. The minimum atomic E-state index is -0.247. The minimum absolute atomic E-state index is 0.228. The molecular weight excluding hydrogens is 193 g/mol. The summed E-state index contributed by atoms with van der Waals surface area (Å²) in [5.41, 5.74) is 0.496. The van der Waals surface area contributed by atoms with E-state index in [4.69, 9.17) is 4.74 Å². The molecule has 0 aliphatic heterocycles. The van der Waals surface area contributed by atoms with Gasteiger partial charge in [0.15, 0.2) is 0 Å². The molecule has 0 bridgehead atoms. The third-order valence-corrected chi connectivity index (χ3v) is 2.56. The summed E-state index contributed by atoms with van der Waals surface area (Å²) < 4.78 is 18.5. The monoisotopic (exact) mass is 211 g/mol. The lowest BCUT2D eigenvalue weighted by Crippen LogP contribution is -2.22. The molecule has 1 unspecified atom stereocenters. The standard InChI is InChI=1S/C12H18FNO/c1-8(2)9(3)14-12-7-10(15-4)5-6-11(12)13/h5-9,14H,1-4H3. The van der Waals surface area contributed by atoms with E-state index in [2.05, 4.69) is 19.2 Å². The molecule has 1 aromatic carbocycles. The predicted molar refractivity (Wildman–Crippen MR) is 60.9 cm³/mol. The first kappa shape index (κ1) is 11.8. The van der Waals surface area contributed by atoms with Gasteiger partial charge in [-0.3, -0.25) is 0 Å².